The minimum absolute atomic E-state index is 0.0720. The molecule has 2 aliphatic rings. The fourth-order valence-electron chi connectivity index (χ4n) is 3.87. The molecule has 0 aromatic carbocycles. The molecule has 0 unspecified atom stereocenters. The van der Waals surface area contributed by atoms with Crippen molar-refractivity contribution in [1.29, 1.82) is 0 Å². The van der Waals surface area contributed by atoms with E-state index < -0.39 is 0 Å². The zero-order valence-electron chi connectivity index (χ0n) is 13.3. The van der Waals surface area contributed by atoms with Gasteiger partial charge in [-0.2, -0.15) is 0 Å². The summed E-state index contributed by atoms with van der Waals surface area (Å²) < 4.78 is 0. The highest BCUT2D eigenvalue weighted by molar-refractivity contribution is 7.10. The first kappa shape index (κ1) is 15.3. The number of pyridine rings is 1. The molecule has 5 nitrogen and oxygen atoms in total. The Hall–Kier alpha value is -2.21. The zero-order chi connectivity index (χ0) is 16.5. The van der Waals surface area contributed by atoms with Gasteiger partial charge in [0.25, 0.3) is 0 Å². The lowest BCUT2D eigenvalue weighted by atomic mass is 9.95. The van der Waals surface area contributed by atoms with Gasteiger partial charge in [0, 0.05) is 24.0 Å². The molecule has 2 aromatic heterocycles. The number of nitrogens with zero attached hydrogens (tertiary/aromatic N) is 3. The molecule has 2 atom stereocenters. The van der Waals surface area contributed by atoms with Gasteiger partial charge in [-0.05, 0) is 36.4 Å². The van der Waals surface area contributed by atoms with Gasteiger partial charge >= 0.3 is 0 Å². The SMILES string of the molecule is O=C(Cc1cccs1)N1CC[C@@H]2[C@H]1CCC(=O)N2c1cccnc1. The number of fused-ring (bicyclic) bond motifs is 1. The van der Waals surface area contributed by atoms with Crippen LogP contribution in [0, 0.1) is 0 Å². The number of aromatic nitrogens is 1. The van der Waals surface area contributed by atoms with Gasteiger partial charge in [0.05, 0.1) is 30.4 Å². The van der Waals surface area contributed by atoms with Gasteiger partial charge in [0.2, 0.25) is 11.8 Å². The standard InChI is InChI=1S/C18H19N3O2S/c22-17-6-5-15-16(21(17)13-3-1-8-19-12-13)7-9-20(15)18(23)11-14-4-2-10-24-14/h1-4,8,10,12,15-16H,5-7,9,11H2/t15-,16-/m1/s1. The summed E-state index contributed by atoms with van der Waals surface area (Å²) in [6.45, 7) is 0.726. The number of anilines is 1. The van der Waals surface area contributed by atoms with Crippen LogP contribution in [0.25, 0.3) is 0 Å². The average Bonchev–Trinajstić information content (AvgIpc) is 3.25. The third-order valence-electron chi connectivity index (χ3n) is 4.91. The van der Waals surface area contributed by atoms with Crippen molar-refractivity contribution >= 4 is 28.8 Å². The number of thiophene rings is 1. The third kappa shape index (κ3) is 2.71. The number of hydrogen-bond acceptors (Lipinski definition) is 4. The summed E-state index contributed by atoms with van der Waals surface area (Å²) in [4.78, 5) is 34.3. The minimum Gasteiger partial charge on any atom is -0.337 e. The molecule has 2 saturated heterocycles. The number of carbonyl (C=O) groups is 2. The van der Waals surface area contributed by atoms with E-state index in [-0.39, 0.29) is 23.9 Å². The number of hydrogen-bond donors (Lipinski definition) is 0. The van der Waals surface area contributed by atoms with Crippen LogP contribution < -0.4 is 4.90 Å². The molecule has 6 heteroatoms. The van der Waals surface area contributed by atoms with E-state index in [1.807, 2.05) is 39.4 Å². The summed E-state index contributed by atoms with van der Waals surface area (Å²) in [5, 5.41) is 2.00. The fraction of sp³-hybridized carbons (Fsp3) is 0.389. The van der Waals surface area contributed by atoms with E-state index in [1.54, 1.807) is 23.7 Å². The Morgan fingerprint density at radius 3 is 2.92 bits per heavy atom. The van der Waals surface area contributed by atoms with Crippen molar-refractivity contribution in [2.75, 3.05) is 11.4 Å². The van der Waals surface area contributed by atoms with Crippen LogP contribution in [0.1, 0.15) is 24.1 Å². The summed E-state index contributed by atoms with van der Waals surface area (Å²) in [7, 11) is 0. The Kier molecular flexibility index (Phi) is 4.06. The molecule has 0 saturated carbocycles. The van der Waals surface area contributed by atoms with E-state index in [1.165, 1.54) is 0 Å². The number of likely N-dealkylation sites (tertiary alicyclic amines) is 1. The lowest BCUT2D eigenvalue weighted by molar-refractivity contribution is -0.133. The molecule has 0 spiro atoms. The average molecular weight is 341 g/mol. The van der Waals surface area contributed by atoms with Crippen molar-refractivity contribution in [2.45, 2.75) is 37.8 Å². The minimum atomic E-state index is 0.0720. The predicted molar refractivity (Wildman–Crippen MR) is 92.9 cm³/mol. The monoisotopic (exact) mass is 341 g/mol. The summed E-state index contributed by atoms with van der Waals surface area (Å²) >= 11 is 1.62. The van der Waals surface area contributed by atoms with Crippen molar-refractivity contribution in [3.63, 3.8) is 0 Å². The van der Waals surface area contributed by atoms with E-state index in [0.717, 1.165) is 30.0 Å². The van der Waals surface area contributed by atoms with E-state index >= 15 is 0 Å². The van der Waals surface area contributed by atoms with Crippen molar-refractivity contribution in [1.82, 2.24) is 9.88 Å². The topological polar surface area (TPSA) is 53.5 Å². The fourth-order valence-corrected chi connectivity index (χ4v) is 4.56. The Balaban J connectivity index is 1.54. The van der Waals surface area contributed by atoms with Crippen LogP contribution in [-0.2, 0) is 16.0 Å². The predicted octanol–water partition coefficient (Wildman–Crippen LogP) is 2.48. The maximum atomic E-state index is 12.7. The molecule has 0 N–H and O–H groups in total. The number of amides is 2. The van der Waals surface area contributed by atoms with Gasteiger partial charge in [-0.1, -0.05) is 6.07 Å². The lowest BCUT2D eigenvalue weighted by Crippen LogP contribution is -2.53. The highest BCUT2D eigenvalue weighted by Crippen LogP contribution is 2.34. The largest absolute Gasteiger partial charge is 0.337 e. The summed E-state index contributed by atoms with van der Waals surface area (Å²) in [5.41, 5.74) is 0.838. The first-order valence-corrected chi connectivity index (χ1v) is 9.16. The molecule has 0 radical (unpaired) electrons. The maximum Gasteiger partial charge on any atom is 0.228 e. The van der Waals surface area contributed by atoms with Crippen molar-refractivity contribution in [3.05, 3.63) is 46.9 Å². The molecule has 0 aliphatic carbocycles. The van der Waals surface area contributed by atoms with Gasteiger partial charge in [0.15, 0.2) is 0 Å². The zero-order valence-corrected chi connectivity index (χ0v) is 14.1. The van der Waals surface area contributed by atoms with Crippen LogP contribution in [0.15, 0.2) is 42.0 Å². The molecular weight excluding hydrogens is 322 g/mol. The first-order valence-electron chi connectivity index (χ1n) is 8.28. The maximum absolute atomic E-state index is 12.7. The van der Waals surface area contributed by atoms with E-state index in [0.29, 0.717) is 12.8 Å². The summed E-state index contributed by atoms with van der Waals surface area (Å²) in [5.74, 6) is 0.308. The lowest BCUT2D eigenvalue weighted by Gasteiger charge is -2.39. The van der Waals surface area contributed by atoms with Gasteiger partial charge in [-0.15, -0.1) is 11.3 Å². The van der Waals surface area contributed by atoms with Crippen LogP contribution in [0.3, 0.4) is 0 Å². The number of piperidine rings is 1. The second-order valence-corrected chi connectivity index (χ2v) is 7.31. The molecule has 0 bridgehead atoms. The van der Waals surface area contributed by atoms with Gasteiger partial charge in [-0.3, -0.25) is 14.6 Å². The molecule has 4 rings (SSSR count). The highest BCUT2D eigenvalue weighted by Gasteiger charge is 2.45. The van der Waals surface area contributed by atoms with Gasteiger partial charge in [0.1, 0.15) is 0 Å². The highest BCUT2D eigenvalue weighted by atomic mass is 32.1. The summed E-state index contributed by atoms with van der Waals surface area (Å²) in [6.07, 6.45) is 5.98. The Labute approximate surface area is 144 Å². The van der Waals surface area contributed by atoms with Crippen molar-refractivity contribution in [2.24, 2.45) is 0 Å². The molecule has 124 valence electrons. The molecule has 24 heavy (non-hydrogen) atoms. The van der Waals surface area contributed by atoms with E-state index in [4.69, 9.17) is 0 Å². The third-order valence-corrected chi connectivity index (χ3v) is 5.79. The number of carbonyl (C=O) groups excluding carboxylic acids is 2. The molecular formula is C18H19N3O2S. The summed E-state index contributed by atoms with van der Waals surface area (Å²) in [6, 6.07) is 7.94. The second-order valence-electron chi connectivity index (χ2n) is 6.28. The second kappa shape index (κ2) is 6.36. The normalized spacial score (nSPS) is 23.4. The van der Waals surface area contributed by atoms with Crippen LogP contribution in [0.5, 0.6) is 0 Å². The molecule has 2 aliphatic heterocycles. The Morgan fingerprint density at radius 1 is 1.25 bits per heavy atom. The quantitative estimate of drug-likeness (QED) is 0.862. The Bertz CT molecular complexity index is 732. The van der Waals surface area contributed by atoms with Crippen LogP contribution in [0.2, 0.25) is 0 Å². The van der Waals surface area contributed by atoms with E-state index in [9.17, 15) is 9.59 Å². The first-order chi connectivity index (χ1) is 11.7. The van der Waals surface area contributed by atoms with Crippen LogP contribution >= 0.6 is 11.3 Å². The smallest absolute Gasteiger partial charge is 0.228 e. The molecule has 2 aromatic rings. The van der Waals surface area contributed by atoms with Crippen molar-refractivity contribution in [3.8, 4) is 0 Å². The van der Waals surface area contributed by atoms with Crippen molar-refractivity contribution < 1.29 is 9.59 Å². The van der Waals surface area contributed by atoms with Gasteiger partial charge in [-0.25, -0.2) is 0 Å². The van der Waals surface area contributed by atoms with Crippen LogP contribution in [-0.4, -0.2) is 40.3 Å². The van der Waals surface area contributed by atoms with Crippen LogP contribution in [0.4, 0.5) is 5.69 Å². The number of rotatable bonds is 3. The molecule has 4 heterocycles. The molecule has 2 amide bonds. The molecule has 2 fully saturated rings. The van der Waals surface area contributed by atoms with E-state index in [2.05, 4.69) is 4.98 Å². The Morgan fingerprint density at radius 2 is 2.17 bits per heavy atom. The van der Waals surface area contributed by atoms with Gasteiger partial charge < -0.3 is 9.80 Å².